The predicted octanol–water partition coefficient (Wildman–Crippen LogP) is 2.55. The standard InChI is InChI=1S/C17H20IN3O/c18-15-10-6-5-9(7-14(10)20-21-15)12-8-17(12)11-3-1-2-4-13(11)19-16(17)22/h1-4,9-10,12,14-15,20-21H,5-8H2,(H,19,22)/t9?,10?,12-,14?,15?,17-/m0/s1. The molecular formula is C17H20IN3O. The maximum Gasteiger partial charge on any atom is 0.235 e. The van der Waals surface area contributed by atoms with Crippen molar-refractivity contribution in [1.82, 2.24) is 10.9 Å². The molecule has 3 N–H and O–H groups in total. The molecule has 0 radical (unpaired) electrons. The molecule has 2 aliphatic carbocycles. The first-order chi connectivity index (χ1) is 10.7. The molecule has 1 saturated heterocycles. The Morgan fingerprint density at radius 3 is 2.95 bits per heavy atom. The summed E-state index contributed by atoms with van der Waals surface area (Å²) in [4.78, 5) is 12.6. The second-order valence-electron chi connectivity index (χ2n) is 7.32. The van der Waals surface area contributed by atoms with Crippen molar-refractivity contribution < 1.29 is 4.79 Å². The van der Waals surface area contributed by atoms with Gasteiger partial charge in [0.2, 0.25) is 5.91 Å². The second kappa shape index (κ2) is 4.68. The van der Waals surface area contributed by atoms with E-state index in [1.54, 1.807) is 0 Å². The van der Waals surface area contributed by atoms with Gasteiger partial charge in [0.15, 0.2) is 0 Å². The fourth-order valence-electron chi connectivity index (χ4n) is 5.17. The maximum atomic E-state index is 12.6. The molecule has 2 aliphatic heterocycles. The number of anilines is 1. The van der Waals surface area contributed by atoms with E-state index in [1.165, 1.54) is 24.8 Å². The van der Waals surface area contributed by atoms with Crippen LogP contribution in [0.1, 0.15) is 31.2 Å². The van der Waals surface area contributed by atoms with Crippen LogP contribution in [-0.4, -0.2) is 16.0 Å². The minimum absolute atomic E-state index is 0.205. The van der Waals surface area contributed by atoms with E-state index in [2.05, 4.69) is 50.9 Å². The van der Waals surface area contributed by atoms with Crippen molar-refractivity contribution in [1.29, 1.82) is 0 Å². The van der Waals surface area contributed by atoms with Crippen LogP contribution in [0.5, 0.6) is 0 Å². The molecule has 4 nitrogen and oxygen atoms in total. The lowest BCUT2D eigenvalue weighted by atomic mass is 9.75. The zero-order valence-electron chi connectivity index (χ0n) is 12.3. The number of benzene rings is 1. The third kappa shape index (κ3) is 1.73. The van der Waals surface area contributed by atoms with Crippen LogP contribution in [-0.2, 0) is 10.2 Å². The minimum atomic E-state index is -0.205. The molecule has 1 spiro atoms. The molecule has 5 heteroatoms. The van der Waals surface area contributed by atoms with Gasteiger partial charge in [-0.15, -0.1) is 0 Å². The Hall–Kier alpha value is -0.660. The molecular weight excluding hydrogens is 389 g/mol. The first kappa shape index (κ1) is 13.7. The van der Waals surface area contributed by atoms with E-state index < -0.39 is 0 Å². The number of fused-ring (bicyclic) bond motifs is 3. The monoisotopic (exact) mass is 409 g/mol. The molecule has 5 rings (SSSR count). The van der Waals surface area contributed by atoms with Gasteiger partial charge in [0.25, 0.3) is 0 Å². The predicted molar refractivity (Wildman–Crippen MR) is 93.6 cm³/mol. The van der Waals surface area contributed by atoms with Crippen LogP contribution < -0.4 is 16.2 Å². The summed E-state index contributed by atoms with van der Waals surface area (Å²) < 4.78 is 0.548. The Bertz CT molecular complexity index is 651. The highest BCUT2D eigenvalue weighted by atomic mass is 127. The number of nitrogens with one attached hydrogen (secondary N) is 3. The quantitative estimate of drug-likeness (QED) is 0.380. The fourth-order valence-corrected chi connectivity index (χ4v) is 6.21. The highest BCUT2D eigenvalue weighted by Crippen LogP contribution is 2.64. The van der Waals surface area contributed by atoms with Crippen LogP contribution in [0.4, 0.5) is 5.69 Å². The summed E-state index contributed by atoms with van der Waals surface area (Å²) in [5, 5.41) is 3.10. The summed E-state index contributed by atoms with van der Waals surface area (Å²) in [5.41, 5.74) is 8.94. The van der Waals surface area contributed by atoms with Crippen LogP contribution in [0.2, 0.25) is 0 Å². The highest BCUT2D eigenvalue weighted by Gasteiger charge is 2.67. The summed E-state index contributed by atoms with van der Waals surface area (Å²) in [7, 11) is 0. The van der Waals surface area contributed by atoms with Crippen LogP contribution >= 0.6 is 22.6 Å². The van der Waals surface area contributed by atoms with E-state index >= 15 is 0 Å². The lowest BCUT2D eigenvalue weighted by molar-refractivity contribution is -0.118. The molecule has 3 fully saturated rings. The molecule has 1 amide bonds. The van der Waals surface area contributed by atoms with Crippen molar-refractivity contribution >= 4 is 34.2 Å². The van der Waals surface area contributed by atoms with Crippen molar-refractivity contribution in [3.8, 4) is 0 Å². The van der Waals surface area contributed by atoms with Gasteiger partial charge in [0.1, 0.15) is 0 Å². The number of carbonyl (C=O) groups excluding carboxylic acids is 1. The van der Waals surface area contributed by atoms with Gasteiger partial charge in [-0.1, -0.05) is 40.8 Å². The van der Waals surface area contributed by atoms with Crippen LogP contribution in [0, 0.1) is 17.8 Å². The van der Waals surface area contributed by atoms with Crippen molar-refractivity contribution in [3.05, 3.63) is 29.8 Å². The van der Waals surface area contributed by atoms with E-state index in [-0.39, 0.29) is 11.3 Å². The third-order valence-corrected chi connectivity index (χ3v) is 7.61. The lowest BCUT2D eigenvalue weighted by Crippen LogP contribution is -2.37. The Morgan fingerprint density at radius 2 is 2.05 bits per heavy atom. The molecule has 1 aromatic carbocycles. The first-order valence-corrected chi connectivity index (χ1v) is 9.51. The van der Waals surface area contributed by atoms with Gasteiger partial charge in [-0.2, -0.15) is 0 Å². The van der Waals surface area contributed by atoms with Gasteiger partial charge < -0.3 is 5.32 Å². The normalized spacial score (nSPS) is 45.5. The summed E-state index contributed by atoms with van der Waals surface area (Å²) in [6.45, 7) is 0. The van der Waals surface area contributed by atoms with Gasteiger partial charge in [0.05, 0.1) is 9.46 Å². The summed E-state index contributed by atoms with van der Waals surface area (Å²) in [6, 6.07) is 8.84. The Balaban J connectivity index is 1.40. The van der Waals surface area contributed by atoms with E-state index in [0.29, 0.717) is 21.9 Å². The third-order valence-electron chi connectivity index (χ3n) is 6.37. The van der Waals surface area contributed by atoms with Gasteiger partial charge in [-0.3, -0.25) is 10.2 Å². The fraction of sp³-hybridized carbons (Fsp3) is 0.588. The summed E-state index contributed by atoms with van der Waals surface area (Å²) in [5.74, 6) is 2.20. The molecule has 2 heterocycles. The zero-order chi connectivity index (χ0) is 14.9. The maximum absolute atomic E-state index is 12.6. The Kier molecular flexibility index (Phi) is 2.92. The van der Waals surface area contributed by atoms with Crippen molar-refractivity contribution in [3.63, 3.8) is 0 Å². The average Bonchev–Trinajstić information content (AvgIpc) is 3.10. The first-order valence-electron chi connectivity index (χ1n) is 8.26. The van der Waals surface area contributed by atoms with Gasteiger partial charge >= 0.3 is 0 Å². The molecule has 1 aromatic rings. The van der Waals surface area contributed by atoms with Gasteiger partial charge in [0, 0.05) is 17.6 Å². The minimum Gasteiger partial charge on any atom is -0.325 e. The molecule has 4 unspecified atom stereocenters. The Labute approximate surface area is 143 Å². The highest BCUT2D eigenvalue weighted by molar-refractivity contribution is 14.1. The van der Waals surface area contributed by atoms with Crippen molar-refractivity contribution in [2.75, 3.05) is 5.32 Å². The molecule has 0 bridgehead atoms. The summed E-state index contributed by atoms with van der Waals surface area (Å²) in [6.07, 6.45) is 4.79. The topological polar surface area (TPSA) is 53.2 Å². The number of alkyl halides is 1. The van der Waals surface area contributed by atoms with Crippen molar-refractivity contribution in [2.24, 2.45) is 17.8 Å². The smallest absolute Gasteiger partial charge is 0.235 e. The van der Waals surface area contributed by atoms with Gasteiger partial charge in [-0.05, 0) is 49.1 Å². The van der Waals surface area contributed by atoms with E-state index in [1.807, 2.05) is 12.1 Å². The zero-order valence-corrected chi connectivity index (χ0v) is 14.5. The second-order valence-corrected chi connectivity index (χ2v) is 8.66. The van der Waals surface area contributed by atoms with E-state index in [9.17, 15) is 4.79 Å². The van der Waals surface area contributed by atoms with Crippen LogP contribution in [0.15, 0.2) is 24.3 Å². The Morgan fingerprint density at radius 1 is 1.18 bits per heavy atom. The summed E-state index contributed by atoms with van der Waals surface area (Å²) >= 11 is 2.50. The van der Waals surface area contributed by atoms with E-state index in [0.717, 1.165) is 18.0 Å². The molecule has 0 aromatic heterocycles. The molecule has 6 atom stereocenters. The van der Waals surface area contributed by atoms with Gasteiger partial charge in [-0.25, -0.2) is 5.43 Å². The van der Waals surface area contributed by atoms with E-state index in [4.69, 9.17) is 0 Å². The van der Waals surface area contributed by atoms with Crippen molar-refractivity contribution in [2.45, 2.75) is 41.2 Å². The largest absolute Gasteiger partial charge is 0.325 e. The number of halogens is 1. The number of para-hydroxylation sites is 1. The van der Waals surface area contributed by atoms with Crippen LogP contribution in [0.3, 0.4) is 0 Å². The molecule has 22 heavy (non-hydrogen) atoms. The van der Waals surface area contributed by atoms with Crippen LogP contribution in [0.25, 0.3) is 0 Å². The number of hydrazine groups is 1. The number of hydrogen-bond acceptors (Lipinski definition) is 3. The average molecular weight is 409 g/mol. The lowest BCUT2D eigenvalue weighted by Gasteiger charge is -2.32. The molecule has 2 saturated carbocycles. The molecule has 4 aliphatic rings. The number of rotatable bonds is 1. The SMILES string of the molecule is O=C1Nc2ccccc2[C@]12C[C@H]2C1CCC2C(I)NNC2C1. The number of amides is 1. The number of carbonyl (C=O) groups is 1. The number of hydrogen-bond donors (Lipinski definition) is 3. The molecule has 116 valence electrons.